The summed E-state index contributed by atoms with van der Waals surface area (Å²) in [5.41, 5.74) is 0. The minimum atomic E-state index is -5.01. The van der Waals surface area contributed by atoms with Gasteiger partial charge in [0.05, 0.1) is 32.8 Å². The van der Waals surface area contributed by atoms with Crippen molar-refractivity contribution in [2.45, 2.75) is 303 Å². The summed E-state index contributed by atoms with van der Waals surface area (Å²) in [6, 6.07) is 0. The molecule has 19 heteroatoms. The smallest absolute Gasteiger partial charge is 0.462 e. The fraction of sp³-hybridized carbons (Fsp3) is 0.609. The fourth-order valence-corrected chi connectivity index (χ4v) is 11.4. The molecule has 0 saturated heterocycles. The Morgan fingerprint density at radius 1 is 0.283 bits per heavy atom. The Hall–Kier alpha value is -5.84. The number of aliphatic hydroxyl groups is 1. The van der Waals surface area contributed by atoms with E-state index in [9.17, 15) is 43.2 Å². The lowest BCUT2D eigenvalue weighted by molar-refractivity contribution is -0.161. The molecule has 0 radical (unpaired) electrons. The molecule has 0 heterocycles. The van der Waals surface area contributed by atoms with E-state index >= 15 is 0 Å². The molecule has 17 nitrogen and oxygen atoms in total. The summed E-state index contributed by atoms with van der Waals surface area (Å²) < 4.78 is 68.4. The van der Waals surface area contributed by atoms with E-state index in [0.29, 0.717) is 25.7 Å². The zero-order chi connectivity index (χ0) is 77.4. The molecule has 106 heavy (non-hydrogen) atoms. The molecule has 0 aliphatic carbocycles. The first-order valence-electron chi connectivity index (χ1n) is 40.0. The number of aliphatic hydroxyl groups excluding tert-OH is 1. The number of hydrogen-bond donors (Lipinski definition) is 3. The van der Waals surface area contributed by atoms with Gasteiger partial charge in [0, 0.05) is 19.3 Å². The zero-order valence-corrected chi connectivity index (χ0v) is 67.3. The second-order valence-electron chi connectivity index (χ2n) is 25.9. The number of phosphoric acid groups is 2. The number of unbranched alkanes of at least 4 members (excludes halogenated alkanes) is 18. The van der Waals surface area contributed by atoms with Crippen molar-refractivity contribution in [3.63, 3.8) is 0 Å². The lowest BCUT2D eigenvalue weighted by atomic mass is 10.1. The van der Waals surface area contributed by atoms with Gasteiger partial charge in [-0.25, -0.2) is 9.13 Å². The van der Waals surface area contributed by atoms with Gasteiger partial charge in [-0.2, -0.15) is 0 Å². The van der Waals surface area contributed by atoms with E-state index in [1.807, 2.05) is 18.2 Å². The summed E-state index contributed by atoms with van der Waals surface area (Å²) in [7, 11) is -10.0. The predicted molar refractivity (Wildman–Crippen MR) is 436 cm³/mol. The maximum Gasteiger partial charge on any atom is 0.472 e. The van der Waals surface area contributed by atoms with Crippen molar-refractivity contribution in [1.82, 2.24) is 0 Å². The van der Waals surface area contributed by atoms with Crippen LogP contribution in [0.15, 0.2) is 182 Å². The minimum Gasteiger partial charge on any atom is -0.462 e. The summed E-state index contributed by atoms with van der Waals surface area (Å²) >= 11 is 0. The maximum absolute atomic E-state index is 13.1. The zero-order valence-electron chi connectivity index (χ0n) is 65.5. The number of rotatable bonds is 73. The van der Waals surface area contributed by atoms with E-state index in [1.54, 1.807) is 6.08 Å². The third-order valence-corrected chi connectivity index (χ3v) is 17.7. The molecule has 600 valence electrons. The van der Waals surface area contributed by atoms with Crippen LogP contribution in [0.1, 0.15) is 285 Å². The Bertz CT molecular complexity index is 2730. The number of hydrogen-bond acceptors (Lipinski definition) is 15. The van der Waals surface area contributed by atoms with Gasteiger partial charge in [-0.05, 0) is 161 Å². The standard InChI is InChI=1S/C87H140O17P2/c1-5-9-13-17-21-25-29-33-36-38-40-42-45-49-52-56-60-64-68-72-85(90)98-78-83(104-87(92)74-70-66-62-58-54-50-46-43-41-39-37-34-30-26-22-18-14-10-6-2)80-102-106(95,96)100-76-81(88)75-99-105(93,94)101-79-82(103-86(91)73-69-65-61-57-53-47-32-28-24-20-16-12-8-4)77-97-84(89)71-67-63-59-55-51-48-44-35-31-27-23-19-15-11-7-3/h9,11,13,15-16,20-23,25-28,32-37,40-44,49,51-52,55,63,67,81-83,88H,5-8,10,12,14,17-19,24,29-31,38-39,45-48,50,53-54,56-62,64-66,68-80H2,1-4H3,(H,93,94)(H,95,96)/b13-9-,15-11-,20-16-,25-21-,26-22-,27-23-,32-28-,36-33-,37-34-,42-40-,43-41-,44-35-,52-49-,55-51-,67-63-. The molecule has 5 unspecified atom stereocenters. The molecule has 0 bridgehead atoms. The van der Waals surface area contributed by atoms with Gasteiger partial charge in [-0.15, -0.1) is 0 Å². The number of ether oxygens (including phenoxy) is 4. The van der Waals surface area contributed by atoms with Crippen LogP contribution in [0.4, 0.5) is 0 Å². The van der Waals surface area contributed by atoms with Crippen LogP contribution in [-0.4, -0.2) is 96.7 Å². The first-order chi connectivity index (χ1) is 51.7. The van der Waals surface area contributed by atoms with Crippen molar-refractivity contribution in [1.29, 1.82) is 0 Å². The average Bonchev–Trinajstić information content (AvgIpc) is 0.903. The molecule has 0 amide bonds. The topological polar surface area (TPSA) is 237 Å². The Kier molecular flexibility index (Phi) is 73.1. The average molecular weight is 1520 g/mol. The Morgan fingerprint density at radius 3 is 0.887 bits per heavy atom. The van der Waals surface area contributed by atoms with Gasteiger partial charge in [-0.3, -0.25) is 37.3 Å². The lowest BCUT2D eigenvalue weighted by Crippen LogP contribution is -2.30. The number of carbonyl (C=O) groups excluding carboxylic acids is 4. The monoisotopic (exact) mass is 1520 g/mol. The second-order valence-corrected chi connectivity index (χ2v) is 28.8. The summed E-state index contributed by atoms with van der Waals surface area (Å²) in [6.07, 6.45) is 93.3. The predicted octanol–water partition coefficient (Wildman–Crippen LogP) is 23.6. The van der Waals surface area contributed by atoms with Gasteiger partial charge >= 0.3 is 39.5 Å². The van der Waals surface area contributed by atoms with Crippen LogP contribution in [0.5, 0.6) is 0 Å². The van der Waals surface area contributed by atoms with Gasteiger partial charge in [0.25, 0.3) is 0 Å². The van der Waals surface area contributed by atoms with Gasteiger partial charge < -0.3 is 33.8 Å². The number of phosphoric ester groups is 2. The summed E-state index contributed by atoms with van der Waals surface area (Å²) in [6.45, 7) is 4.35. The highest BCUT2D eigenvalue weighted by molar-refractivity contribution is 7.47. The second kappa shape index (κ2) is 77.3. The molecule has 0 aliphatic rings. The SMILES string of the molecule is CC/C=C\C/C=C\C/C=C\C/C=C\C/C=C\CCCCCC(=O)OCC(COP(=O)(O)OCC(O)COP(=O)(O)OCC(COC(=O)C/C=C\C/C=C\C/C=C\C/C=C\C/C=C\CC)OC(=O)CCCCCCC/C=C\C/C=C\CCC)OC(=O)CCCCCCCC/C=C\C/C=C\C/C=C\CCCCC. The van der Waals surface area contributed by atoms with Crippen LogP contribution in [0.25, 0.3) is 0 Å². The lowest BCUT2D eigenvalue weighted by Gasteiger charge is -2.21. The quantitative estimate of drug-likeness (QED) is 0.0169. The third kappa shape index (κ3) is 76.4. The van der Waals surface area contributed by atoms with Crippen LogP contribution < -0.4 is 0 Å². The molecular formula is C87H140O17P2. The summed E-state index contributed by atoms with van der Waals surface area (Å²) in [5.74, 6) is -2.41. The largest absolute Gasteiger partial charge is 0.472 e. The van der Waals surface area contributed by atoms with Gasteiger partial charge in [0.1, 0.15) is 19.3 Å². The minimum absolute atomic E-state index is 0.0519. The highest BCUT2D eigenvalue weighted by Gasteiger charge is 2.30. The van der Waals surface area contributed by atoms with Crippen LogP contribution in [-0.2, 0) is 65.4 Å². The normalized spacial score (nSPS) is 14.8. The van der Waals surface area contributed by atoms with Crippen molar-refractivity contribution in [2.24, 2.45) is 0 Å². The first kappa shape index (κ1) is 100. The molecule has 0 aromatic carbocycles. The molecule has 0 saturated carbocycles. The molecule has 0 spiro atoms. The summed E-state index contributed by atoms with van der Waals surface area (Å²) in [5, 5.41) is 10.6. The molecule has 3 N–H and O–H groups in total. The van der Waals surface area contributed by atoms with Crippen molar-refractivity contribution in [3.05, 3.63) is 182 Å². The van der Waals surface area contributed by atoms with Gasteiger partial charge in [0.15, 0.2) is 12.2 Å². The molecule has 0 rings (SSSR count). The van der Waals surface area contributed by atoms with Crippen molar-refractivity contribution < 1.29 is 80.2 Å². The van der Waals surface area contributed by atoms with E-state index in [4.69, 9.17) is 37.0 Å². The number of allylic oxidation sites excluding steroid dienone is 29. The van der Waals surface area contributed by atoms with Crippen molar-refractivity contribution in [3.8, 4) is 0 Å². The van der Waals surface area contributed by atoms with E-state index in [2.05, 4.69) is 186 Å². The first-order valence-corrected chi connectivity index (χ1v) is 43.0. The summed E-state index contributed by atoms with van der Waals surface area (Å²) in [4.78, 5) is 73.0. The molecule has 5 atom stereocenters. The molecule has 0 aromatic rings. The Morgan fingerprint density at radius 2 is 0.547 bits per heavy atom. The van der Waals surface area contributed by atoms with Crippen molar-refractivity contribution >= 4 is 39.5 Å². The van der Waals surface area contributed by atoms with E-state index < -0.39 is 97.5 Å². The molecular weight excluding hydrogens is 1380 g/mol. The Balaban J connectivity index is 5.49. The highest BCUT2D eigenvalue weighted by Crippen LogP contribution is 2.45. The van der Waals surface area contributed by atoms with E-state index in [1.165, 1.54) is 19.3 Å². The third-order valence-electron chi connectivity index (χ3n) is 15.8. The molecule has 0 fully saturated rings. The maximum atomic E-state index is 13.1. The van der Waals surface area contributed by atoms with Crippen LogP contribution >= 0.6 is 15.6 Å². The Labute approximate surface area is 641 Å². The molecule has 0 aliphatic heterocycles. The van der Waals surface area contributed by atoms with E-state index in [0.717, 1.165) is 186 Å². The molecule has 0 aromatic heterocycles. The van der Waals surface area contributed by atoms with Crippen molar-refractivity contribution in [2.75, 3.05) is 39.6 Å². The van der Waals surface area contributed by atoms with Crippen LogP contribution in [0, 0.1) is 0 Å². The van der Waals surface area contributed by atoms with E-state index in [-0.39, 0.29) is 25.7 Å². The number of esters is 4. The van der Waals surface area contributed by atoms with Crippen LogP contribution in [0.2, 0.25) is 0 Å². The van der Waals surface area contributed by atoms with Gasteiger partial charge in [0.2, 0.25) is 0 Å². The van der Waals surface area contributed by atoms with Crippen LogP contribution in [0.3, 0.4) is 0 Å². The van der Waals surface area contributed by atoms with Gasteiger partial charge in [-0.1, -0.05) is 281 Å². The highest BCUT2D eigenvalue weighted by atomic mass is 31.2. The fourth-order valence-electron chi connectivity index (χ4n) is 9.83. The number of carbonyl (C=O) groups is 4.